The SMILES string of the molecule is N=C(N)c1cccc(OCCNC(=O)c2ccc(C(F)(F)F)cc2OC(=O)C(F)(F)F)c1. The zero-order valence-electron chi connectivity index (χ0n) is 15.9. The van der Waals surface area contributed by atoms with Gasteiger partial charge in [0.25, 0.3) is 5.91 Å². The Morgan fingerprint density at radius 2 is 1.72 bits per heavy atom. The first kappa shape index (κ1) is 24.5. The molecule has 0 radical (unpaired) electrons. The van der Waals surface area contributed by atoms with Crippen molar-refractivity contribution in [3.05, 3.63) is 59.2 Å². The largest absolute Gasteiger partial charge is 0.492 e. The smallest absolute Gasteiger partial charge is 0.491 e. The van der Waals surface area contributed by atoms with Gasteiger partial charge in [-0.1, -0.05) is 12.1 Å². The zero-order chi connectivity index (χ0) is 24.1. The molecule has 0 fully saturated rings. The molecule has 0 aromatic heterocycles. The molecule has 1 amide bonds. The predicted molar refractivity (Wildman–Crippen MR) is 98.4 cm³/mol. The third-order valence-electron chi connectivity index (χ3n) is 3.79. The first-order valence-corrected chi connectivity index (χ1v) is 8.64. The lowest BCUT2D eigenvalue weighted by Gasteiger charge is -2.14. The van der Waals surface area contributed by atoms with Crippen molar-refractivity contribution in [1.29, 1.82) is 5.41 Å². The number of nitrogens with two attached hydrogens (primary N) is 1. The minimum atomic E-state index is -5.48. The summed E-state index contributed by atoms with van der Waals surface area (Å²) in [4.78, 5) is 23.3. The number of nitrogens with one attached hydrogen (secondary N) is 2. The van der Waals surface area contributed by atoms with Gasteiger partial charge in [-0.05, 0) is 30.3 Å². The fourth-order valence-corrected chi connectivity index (χ4v) is 2.31. The molecular weight excluding hydrogens is 448 g/mol. The lowest BCUT2D eigenvalue weighted by molar-refractivity contribution is -0.189. The number of carbonyl (C=O) groups is 2. The van der Waals surface area contributed by atoms with Crippen LogP contribution in [0.3, 0.4) is 0 Å². The molecule has 32 heavy (non-hydrogen) atoms. The number of esters is 1. The summed E-state index contributed by atoms with van der Waals surface area (Å²) in [7, 11) is 0. The van der Waals surface area contributed by atoms with Crippen LogP contribution in [0.4, 0.5) is 26.3 Å². The zero-order valence-corrected chi connectivity index (χ0v) is 15.9. The molecule has 2 aromatic carbocycles. The number of alkyl halides is 6. The maximum Gasteiger partial charge on any atom is 0.491 e. The molecule has 172 valence electrons. The number of halogens is 6. The molecule has 0 aliphatic carbocycles. The number of amides is 1. The number of hydrogen-bond acceptors (Lipinski definition) is 5. The van der Waals surface area contributed by atoms with E-state index in [9.17, 15) is 35.9 Å². The fourth-order valence-electron chi connectivity index (χ4n) is 2.31. The molecule has 0 saturated heterocycles. The minimum absolute atomic E-state index is 0.127. The van der Waals surface area contributed by atoms with Gasteiger partial charge in [0.05, 0.1) is 17.7 Å². The van der Waals surface area contributed by atoms with Crippen molar-refractivity contribution in [2.24, 2.45) is 5.73 Å². The molecule has 2 rings (SSSR count). The third kappa shape index (κ3) is 6.62. The Kier molecular flexibility index (Phi) is 7.33. The predicted octanol–water partition coefficient (Wildman–Crippen LogP) is 3.27. The first-order valence-electron chi connectivity index (χ1n) is 8.64. The maximum absolute atomic E-state index is 12.9. The number of carbonyl (C=O) groups excluding carboxylic acids is 2. The standard InChI is InChI=1S/C19H15F6N3O4/c20-18(21,22)11-4-5-13(14(9-11)32-17(30)19(23,24)25)16(29)28-6-7-31-12-3-1-2-10(8-12)15(26)27/h1-5,8-9H,6-7H2,(H3,26,27)(H,28,29). The van der Waals surface area contributed by atoms with Crippen LogP contribution in [-0.4, -0.2) is 37.0 Å². The number of nitrogen functional groups attached to an aromatic ring is 1. The normalized spacial score (nSPS) is 11.6. The summed E-state index contributed by atoms with van der Waals surface area (Å²) in [6, 6.07) is 7.30. The van der Waals surface area contributed by atoms with Gasteiger partial charge >= 0.3 is 18.3 Å². The fraction of sp³-hybridized carbons (Fsp3) is 0.211. The summed E-state index contributed by atoms with van der Waals surface area (Å²) in [6.07, 6.45) is -10.4. The molecule has 13 heteroatoms. The van der Waals surface area contributed by atoms with Gasteiger partial charge in [-0.15, -0.1) is 0 Å². The molecule has 0 aliphatic rings. The Morgan fingerprint density at radius 1 is 1.03 bits per heavy atom. The van der Waals surface area contributed by atoms with Gasteiger partial charge in [-0.3, -0.25) is 10.2 Å². The second kappa shape index (κ2) is 9.58. The van der Waals surface area contributed by atoms with E-state index < -0.39 is 41.1 Å². The molecule has 0 saturated carbocycles. The summed E-state index contributed by atoms with van der Waals surface area (Å²) in [5, 5.41) is 9.58. The molecular formula is C19H15F6N3O4. The lowest BCUT2D eigenvalue weighted by Crippen LogP contribution is -2.31. The molecule has 0 heterocycles. The van der Waals surface area contributed by atoms with Crippen LogP contribution in [0.25, 0.3) is 0 Å². The Labute approximate surface area is 176 Å². The third-order valence-corrected chi connectivity index (χ3v) is 3.79. The van der Waals surface area contributed by atoms with E-state index >= 15 is 0 Å². The molecule has 0 unspecified atom stereocenters. The van der Waals surface area contributed by atoms with Crippen LogP contribution in [0, 0.1) is 5.41 Å². The Morgan fingerprint density at radius 3 is 2.31 bits per heavy atom. The molecule has 2 aromatic rings. The summed E-state index contributed by atoms with van der Waals surface area (Å²) in [6.45, 7) is -0.331. The Bertz CT molecular complexity index is 1020. The van der Waals surface area contributed by atoms with Gasteiger partial charge in [-0.25, -0.2) is 4.79 Å². The van der Waals surface area contributed by atoms with E-state index in [1.54, 1.807) is 18.2 Å². The average Bonchev–Trinajstić information content (AvgIpc) is 2.69. The van der Waals surface area contributed by atoms with Crippen molar-refractivity contribution < 1.29 is 45.4 Å². The van der Waals surface area contributed by atoms with Crippen molar-refractivity contribution in [2.75, 3.05) is 13.2 Å². The van der Waals surface area contributed by atoms with Gasteiger partial charge in [-0.2, -0.15) is 26.3 Å². The molecule has 0 bridgehead atoms. The highest BCUT2D eigenvalue weighted by atomic mass is 19.4. The molecule has 4 N–H and O–H groups in total. The summed E-state index contributed by atoms with van der Waals surface area (Å²) in [5.41, 5.74) is 3.61. The molecule has 0 spiro atoms. The van der Waals surface area contributed by atoms with Crippen molar-refractivity contribution >= 4 is 17.7 Å². The van der Waals surface area contributed by atoms with Gasteiger partial charge in [0.15, 0.2) is 0 Å². The molecule has 0 atom stereocenters. The second-order valence-corrected chi connectivity index (χ2v) is 6.14. The van der Waals surface area contributed by atoms with Gasteiger partial charge in [0.2, 0.25) is 0 Å². The van der Waals surface area contributed by atoms with Crippen molar-refractivity contribution in [3.8, 4) is 11.5 Å². The number of ether oxygens (including phenoxy) is 2. The lowest BCUT2D eigenvalue weighted by atomic mass is 10.1. The molecule has 0 aliphatic heterocycles. The van der Waals surface area contributed by atoms with E-state index in [1.165, 1.54) is 6.07 Å². The van der Waals surface area contributed by atoms with Crippen LogP contribution in [0.2, 0.25) is 0 Å². The highest BCUT2D eigenvalue weighted by Crippen LogP contribution is 2.34. The van der Waals surface area contributed by atoms with E-state index in [-0.39, 0.29) is 25.1 Å². The van der Waals surface area contributed by atoms with Crippen molar-refractivity contribution in [1.82, 2.24) is 5.32 Å². The molecule has 7 nitrogen and oxygen atoms in total. The minimum Gasteiger partial charge on any atom is -0.492 e. The highest BCUT2D eigenvalue weighted by molar-refractivity contribution is 5.98. The summed E-state index contributed by atoms with van der Waals surface area (Å²) >= 11 is 0. The highest BCUT2D eigenvalue weighted by Gasteiger charge is 2.42. The van der Waals surface area contributed by atoms with Crippen LogP contribution < -0.4 is 20.5 Å². The van der Waals surface area contributed by atoms with E-state index in [0.29, 0.717) is 23.4 Å². The van der Waals surface area contributed by atoms with Crippen LogP contribution in [-0.2, 0) is 11.0 Å². The number of benzene rings is 2. The van der Waals surface area contributed by atoms with E-state index in [2.05, 4.69) is 10.1 Å². The van der Waals surface area contributed by atoms with Gasteiger partial charge in [0.1, 0.15) is 23.9 Å². The first-order chi connectivity index (χ1) is 14.8. The average molecular weight is 463 g/mol. The van der Waals surface area contributed by atoms with E-state index in [0.717, 1.165) is 0 Å². The number of rotatable bonds is 7. The monoisotopic (exact) mass is 463 g/mol. The summed E-state index contributed by atoms with van der Waals surface area (Å²) in [5.74, 6) is -4.97. The number of amidine groups is 1. The van der Waals surface area contributed by atoms with Gasteiger partial charge < -0.3 is 20.5 Å². The van der Waals surface area contributed by atoms with E-state index in [4.69, 9.17) is 15.9 Å². The Balaban J connectivity index is 2.10. The Hall–Kier alpha value is -3.77. The van der Waals surface area contributed by atoms with Crippen LogP contribution in [0.15, 0.2) is 42.5 Å². The topological polar surface area (TPSA) is 115 Å². The van der Waals surface area contributed by atoms with E-state index in [1.807, 2.05) is 0 Å². The maximum atomic E-state index is 12.9. The van der Waals surface area contributed by atoms with Crippen molar-refractivity contribution in [3.63, 3.8) is 0 Å². The van der Waals surface area contributed by atoms with Crippen LogP contribution in [0.5, 0.6) is 11.5 Å². The van der Waals surface area contributed by atoms with Crippen LogP contribution in [0.1, 0.15) is 21.5 Å². The number of hydrogen-bond donors (Lipinski definition) is 3. The van der Waals surface area contributed by atoms with Gasteiger partial charge in [0, 0.05) is 5.56 Å². The summed E-state index contributed by atoms with van der Waals surface area (Å²) < 4.78 is 85.3. The quantitative estimate of drug-likeness (QED) is 0.146. The van der Waals surface area contributed by atoms with Crippen LogP contribution >= 0.6 is 0 Å². The second-order valence-electron chi connectivity index (χ2n) is 6.14. The van der Waals surface area contributed by atoms with Crippen molar-refractivity contribution in [2.45, 2.75) is 12.4 Å².